The Morgan fingerprint density at radius 1 is 1.47 bits per heavy atom. The summed E-state index contributed by atoms with van der Waals surface area (Å²) in [5.74, 6) is -0.0509. The van der Waals surface area contributed by atoms with Crippen molar-refractivity contribution in [3.05, 3.63) is 17.5 Å². The monoisotopic (exact) mass is 267 g/mol. The Hall–Kier alpha value is -2.05. The number of hydrogen-bond donors (Lipinski definition) is 1. The number of methoxy groups -OCH3 is 1. The average molecular weight is 267 g/mol. The highest BCUT2D eigenvalue weighted by Gasteiger charge is 2.25. The molecule has 1 aliphatic rings. The first-order valence-corrected chi connectivity index (χ1v) is 6.17. The molecule has 1 aromatic rings. The van der Waals surface area contributed by atoms with Gasteiger partial charge in [0.2, 0.25) is 5.76 Å². The second-order valence-electron chi connectivity index (χ2n) is 4.54. The van der Waals surface area contributed by atoms with Crippen molar-refractivity contribution >= 4 is 12.0 Å². The van der Waals surface area contributed by atoms with Crippen molar-refractivity contribution in [1.82, 2.24) is 15.4 Å². The summed E-state index contributed by atoms with van der Waals surface area (Å²) in [7, 11) is 1.36. The Balaban J connectivity index is 1.82. The minimum atomic E-state index is -0.323. The van der Waals surface area contributed by atoms with Crippen LogP contribution in [0.5, 0.6) is 0 Å². The van der Waals surface area contributed by atoms with Crippen LogP contribution in [0.1, 0.15) is 29.1 Å². The second-order valence-corrected chi connectivity index (χ2v) is 4.54. The zero-order valence-electron chi connectivity index (χ0n) is 11.0. The molecule has 1 aliphatic heterocycles. The summed E-state index contributed by atoms with van der Waals surface area (Å²) in [5, 5.41) is 6.55. The molecule has 1 saturated heterocycles. The van der Waals surface area contributed by atoms with Crippen LogP contribution in [0.3, 0.4) is 0 Å². The van der Waals surface area contributed by atoms with Crippen molar-refractivity contribution in [2.45, 2.75) is 25.8 Å². The number of ether oxygens (including phenoxy) is 1. The number of aromatic nitrogens is 1. The van der Waals surface area contributed by atoms with Gasteiger partial charge in [0.15, 0.2) is 0 Å². The molecule has 0 unspecified atom stereocenters. The molecule has 19 heavy (non-hydrogen) atoms. The van der Waals surface area contributed by atoms with Crippen LogP contribution in [0.25, 0.3) is 0 Å². The van der Waals surface area contributed by atoms with Crippen molar-refractivity contribution < 1.29 is 18.8 Å². The SMILES string of the molecule is COC(=O)N1CCC(NC(=O)c2cc(C)no2)CC1. The first kappa shape index (κ1) is 13.4. The van der Waals surface area contributed by atoms with Crippen LogP contribution in [-0.2, 0) is 4.74 Å². The van der Waals surface area contributed by atoms with Gasteiger partial charge in [0, 0.05) is 25.2 Å². The minimum absolute atomic E-state index is 0.0406. The number of carbonyl (C=O) groups excluding carboxylic acids is 2. The summed E-state index contributed by atoms with van der Waals surface area (Å²) in [4.78, 5) is 24.8. The molecule has 2 amide bonds. The lowest BCUT2D eigenvalue weighted by Crippen LogP contribution is -2.46. The summed E-state index contributed by atoms with van der Waals surface area (Å²) in [5.41, 5.74) is 0.672. The van der Waals surface area contributed by atoms with Gasteiger partial charge in [-0.15, -0.1) is 0 Å². The van der Waals surface area contributed by atoms with Crippen LogP contribution < -0.4 is 5.32 Å². The molecule has 1 fully saturated rings. The van der Waals surface area contributed by atoms with Gasteiger partial charge in [-0.1, -0.05) is 5.16 Å². The van der Waals surface area contributed by atoms with Gasteiger partial charge in [0.1, 0.15) is 0 Å². The highest BCUT2D eigenvalue weighted by atomic mass is 16.5. The molecule has 7 heteroatoms. The quantitative estimate of drug-likeness (QED) is 0.862. The number of aryl methyl sites for hydroxylation is 1. The number of rotatable bonds is 2. The van der Waals surface area contributed by atoms with E-state index in [0.29, 0.717) is 31.6 Å². The second kappa shape index (κ2) is 5.73. The molecule has 2 rings (SSSR count). The Labute approximate surface area is 110 Å². The molecule has 0 aliphatic carbocycles. The largest absolute Gasteiger partial charge is 0.453 e. The average Bonchev–Trinajstić information content (AvgIpc) is 2.85. The Bertz CT molecular complexity index is 463. The highest BCUT2D eigenvalue weighted by molar-refractivity contribution is 5.91. The first-order chi connectivity index (χ1) is 9.10. The molecule has 1 aromatic heterocycles. The lowest BCUT2D eigenvalue weighted by atomic mass is 10.1. The number of amides is 2. The van der Waals surface area contributed by atoms with Crippen molar-refractivity contribution in [3.63, 3.8) is 0 Å². The van der Waals surface area contributed by atoms with E-state index >= 15 is 0 Å². The van der Waals surface area contributed by atoms with E-state index in [-0.39, 0.29) is 23.8 Å². The lowest BCUT2D eigenvalue weighted by molar-refractivity contribution is 0.0858. The van der Waals surface area contributed by atoms with E-state index < -0.39 is 0 Å². The fraction of sp³-hybridized carbons (Fsp3) is 0.583. The molecule has 0 aromatic carbocycles. The van der Waals surface area contributed by atoms with Gasteiger partial charge < -0.3 is 19.5 Å². The third-order valence-corrected chi connectivity index (χ3v) is 3.11. The van der Waals surface area contributed by atoms with Gasteiger partial charge in [0.25, 0.3) is 5.91 Å². The fourth-order valence-electron chi connectivity index (χ4n) is 2.06. The third-order valence-electron chi connectivity index (χ3n) is 3.11. The number of carbonyl (C=O) groups is 2. The molecular formula is C12H17N3O4. The summed E-state index contributed by atoms with van der Waals surface area (Å²) in [6, 6.07) is 1.64. The van der Waals surface area contributed by atoms with Crippen LogP contribution in [0, 0.1) is 6.92 Å². The predicted molar refractivity (Wildman–Crippen MR) is 65.7 cm³/mol. The number of piperidine rings is 1. The number of nitrogens with zero attached hydrogens (tertiary/aromatic N) is 2. The normalized spacial score (nSPS) is 16.2. The minimum Gasteiger partial charge on any atom is -0.453 e. The van der Waals surface area contributed by atoms with Gasteiger partial charge in [-0.3, -0.25) is 4.79 Å². The number of nitrogens with one attached hydrogen (secondary N) is 1. The van der Waals surface area contributed by atoms with E-state index in [2.05, 4.69) is 15.2 Å². The molecule has 0 saturated carbocycles. The Morgan fingerprint density at radius 2 is 2.16 bits per heavy atom. The highest BCUT2D eigenvalue weighted by Crippen LogP contribution is 2.12. The van der Waals surface area contributed by atoms with Crippen LogP contribution in [0.4, 0.5) is 4.79 Å². The van der Waals surface area contributed by atoms with Crippen LogP contribution in [-0.4, -0.2) is 48.3 Å². The van der Waals surface area contributed by atoms with Crippen molar-refractivity contribution in [1.29, 1.82) is 0 Å². The van der Waals surface area contributed by atoms with Crippen molar-refractivity contribution in [2.24, 2.45) is 0 Å². The summed E-state index contributed by atoms with van der Waals surface area (Å²) < 4.78 is 9.55. The maximum atomic E-state index is 11.8. The Kier molecular flexibility index (Phi) is 4.03. The zero-order chi connectivity index (χ0) is 13.8. The van der Waals surface area contributed by atoms with Gasteiger partial charge in [-0.05, 0) is 19.8 Å². The van der Waals surface area contributed by atoms with Gasteiger partial charge in [-0.25, -0.2) is 4.79 Å². The maximum absolute atomic E-state index is 11.8. The van der Waals surface area contributed by atoms with E-state index in [9.17, 15) is 9.59 Å². The summed E-state index contributed by atoms with van der Waals surface area (Å²) in [6.45, 7) is 2.91. The predicted octanol–water partition coefficient (Wildman–Crippen LogP) is 0.944. The zero-order valence-corrected chi connectivity index (χ0v) is 11.0. The summed E-state index contributed by atoms with van der Waals surface area (Å²) in [6.07, 6.45) is 1.08. The standard InChI is InChI=1S/C12H17N3O4/c1-8-7-10(19-14-8)11(16)13-9-3-5-15(6-4-9)12(17)18-2/h7,9H,3-6H2,1-2H3,(H,13,16). The first-order valence-electron chi connectivity index (χ1n) is 6.17. The number of likely N-dealkylation sites (tertiary alicyclic amines) is 1. The third kappa shape index (κ3) is 3.24. The van der Waals surface area contributed by atoms with Crippen LogP contribution in [0.15, 0.2) is 10.6 Å². The van der Waals surface area contributed by atoms with Crippen LogP contribution in [0.2, 0.25) is 0 Å². The van der Waals surface area contributed by atoms with E-state index in [1.807, 2.05) is 0 Å². The van der Waals surface area contributed by atoms with Gasteiger partial charge in [-0.2, -0.15) is 0 Å². The van der Waals surface area contributed by atoms with E-state index in [1.165, 1.54) is 7.11 Å². The molecular weight excluding hydrogens is 250 g/mol. The molecule has 0 spiro atoms. The summed E-state index contributed by atoms with van der Waals surface area (Å²) >= 11 is 0. The topological polar surface area (TPSA) is 84.7 Å². The van der Waals surface area contributed by atoms with Gasteiger partial charge in [0.05, 0.1) is 12.8 Å². The maximum Gasteiger partial charge on any atom is 0.409 e. The number of hydrogen-bond acceptors (Lipinski definition) is 5. The molecule has 104 valence electrons. The van der Waals surface area contributed by atoms with Gasteiger partial charge >= 0.3 is 6.09 Å². The van der Waals surface area contributed by atoms with Crippen molar-refractivity contribution in [3.8, 4) is 0 Å². The molecule has 0 radical (unpaired) electrons. The van der Waals surface area contributed by atoms with Crippen LogP contribution >= 0.6 is 0 Å². The van der Waals surface area contributed by atoms with E-state index in [1.54, 1.807) is 17.9 Å². The fourth-order valence-corrected chi connectivity index (χ4v) is 2.06. The van der Waals surface area contributed by atoms with E-state index in [4.69, 9.17) is 4.52 Å². The molecule has 1 N–H and O–H groups in total. The molecule has 7 nitrogen and oxygen atoms in total. The Morgan fingerprint density at radius 3 is 2.68 bits per heavy atom. The molecule has 0 atom stereocenters. The molecule has 0 bridgehead atoms. The van der Waals surface area contributed by atoms with E-state index in [0.717, 1.165) is 0 Å². The smallest absolute Gasteiger partial charge is 0.409 e. The molecule has 2 heterocycles. The lowest BCUT2D eigenvalue weighted by Gasteiger charge is -2.31. The van der Waals surface area contributed by atoms with Crippen molar-refractivity contribution in [2.75, 3.05) is 20.2 Å².